The van der Waals surface area contributed by atoms with Gasteiger partial charge in [0.1, 0.15) is 0 Å². The van der Waals surface area contributed by atoms with Crippen molar-refractivity contribution < 1.29 is 0 Å². The topological polar surface area (TPSA) is 12.4 Å². The van der Waals surface area contributed by atoms with Crippen molar-refractivity contribution in [1.82, 2.24) is 0 Å². The number of rotatable bonds is 1. The Hall–Kier alpha value is -0.760. The molecule has 1 aliphatic heterocycles. The van der Waals surface area contributed by atoms with Crippen molar-refractivity contribution in [1.29, 1.82) is 0 Å². The van der Waals surface area contributed by atoms with Gasteiger partial charge in [-0.05, 0) is 12.1 Å². The molecule has 68 valence electrons. The van der Waals surface area contributed by atoms with Gasteiger partial charge in [0.15, 0.2) is 0 Å². The molecule has 0 unspecified atom stereocenters. The molecule has 1 aliphatic rings. The van der Waals surface area contributed by atoms with Crippen LogP contribution in [0, 0.1) is 5.92 Å². The average molecular weight is 191 g/mol. The van der Waals surface area contributed by atoms with Crippen molar-refractivity contribution in [3.05, 3.63) is 30.3 Å². The highest BCUT2D eigenvalue weighted by Gasteiger charge is 2.30. The molecule has 0 N–H and O–H groups in total. The number of hydrogen-bond acceptors (Lipinski definition) is 2. The smallest absolute Gasteiger partial charge is 0.0780 e. The van der Waals surface area contributed by atoms with E-state index in [4.69, 9.17) is 0 Å². The third-order valence-corrected chi connectivity index (χ3v) is 3.88. The van der Waals surface area contributed by atoms with Gasteiger partial charge in [-0.1, -0.05) is 32.0 Å². The molecule has 0 saturated carbocycles. The van der Waals surface area contributed by atoms with Crippen LogP contribution in [0.2, 0.25) is 0 Å². The first-order valence-electron chi connectivity index (χ1n) is 4.57. The Morgan fingerprint density at radius 3 is 2.38 bits per heavy atom. The zero-order chi connectivity index (χ0) is 9.26. The van der Waals surface area contributed by atoms with Crippen molar-refractivity contribution in [3.63, 3.8) is 0 Å². The lowest BCUT2D eigenvalue weighted by Crippen LogP contribution is -2.30. The molecule has 1 saturated heterocycles. The second kappa shape index (κ2) is 3.54. The monoisotopic (exact) mass is 191 g/mol. The normalized spacial score (nSPS) is 30.2. The summed E-state index contributed by atoms with van der Waals surface area (Å²) in [6.07, 6.45) is 0. The summed E-state index contributed by atoms with van der Waals surface area (Å²) in [5.74, 6) is 0.644. The van der Waals surface area contributed by atoms with E-state index in [0.717, 1.165) is 10.9 Å². The van der Waals surface area contributed by atoms with Gasteiger partial charge in [0.05, 0.1) is 10.7 Å². The standard InChI is InChI=1S/C11H13NS/c1-8-9(2)13-11(8)12-10-6-4-3-5-7-10/h3-9H,1-2H3/t8-,9+/m0/s1. The molecular weight excluding hydrogens is 178 g/mol. The van der Waals surface area contributed by atoms with Crippen molar-refractivity contribution >= 4 is 22.5 Å². The van der Waals surface area contributed by atoms with E-state index in [1.807, 2.05) is 42.1 Å². The van der Waals surface area contributed by atoms with E-state index in [-0.39, 0.29) is 0 Å². The molecule has 0 amide bonds. The van der Waals surface area contributed by atoms with E-state index in [1.165, 1.54) is 5.04 Å². The maximum absolute atomic E-state index is 4.58. The maximum Gasteiger partial charge on any atom is 0.0780 e. The van der Waals surface area contributed by atoms with Gasteiger partial charge in [0.25, 0.3) is 0 Å². The first-order valence-corrected chi connectivity index (χ1v) is 5.45. The van der Waals surface area contributed by atoms with Gasteiger partial charge in [-0.25, -0.2) is 4.99 Å². The second-order valence-corrected chi connectivity index (χ2v) is 4.79. The molecule has 1 aromatic carbocycles. The second-order valence-electron chi connectivity index (χ2n) is 3.40. The molecule has 1 heterocycles. The van der Waals surface area contributed by atoms with Crippen LogP contribution >= 0.6 is 11.8 Å². The fourth-order valence-corrected chi connectivity index (χ4v) is 2.35. The highest BCUT2D eigenvalue weighted by atomic mass is 32.2. The van der Waals surface area contributed by atoms with Gasteiger partial charge in [-0.3, -0.25) is 0 Å². The van der Waals surface area contributed by atoms with E-state index in [1.54, 1.807) is 0 Å². The van der Waals surface area contributed by atoms with Crippen molar-refractivity contribution in [2.75, 3.05) is 0 Å². The molecule has 1 nitrogen and oxygen atoms in total. The molecule has 13 heavy (non-hydrogen) atoms. The molecule has 2 atom stereocenters. The Balaban J connectivity index is 2.14. The summed E-state index contributed by atoms with van der Waals surface area (Å²) in [7, 11) is 0. The van der Waals surface area contributed by atoms with Gasteiger partial charge in [-0.15, -0.1) is 11.8 Å². The summed E-state index contributed by atoms with van der Waals surface area (Å²) >= 11 is 1.88. The largest absolute Gasteiger partial charge is 0.246 e. The summed E-state index contributed by atoms with van der Waals surface area (Å²) in [6, 6.07) is 10.2. The van der Waals surface area contributed by atoms with E-state index in [9.17, 15) is 0 Å². The summed E-state index contributed by atoms with van der Waals surface area (Å²) in [5.41, 5.74) is 1.07. The van der Waals surface area contributed by atoms with Crippen LogP contribution in [-0.4, -0.2) is 10.3 Å². The molecule has 2 heteroatoms. The predicted octanol–water partition coefficient (Wildman–Crippen LogP) is 3.49. The molecule has 2 rings (SSSR count). The first-order chi connectivity index (χ1) is 6.27. The van der Waals surface area contributed by atoms with Gasteiger partial charge < -0.3 is 0 Å². The van der Waals surface area contributed by atoms with Gasteiger partial charge in [0, 0.05) is 11.2 Å². The number of aliphatic imine (C=N–C) groups is 1. The molecule has 0 radical (unpaired) electrons. The van der Waals surface area contributed by atoms with Crippen LogP contribution in [0.25, 0.3) is 0 Å². The Morgan fingerprint density at radius 1 is 1.15 bits per heavy atom. The number of para-hydroxylation sites is 1. The van der Waals surface area contributed by atoms with Crippen LogP contribution in [0.1, 0.15) is 13.8 Å². The van der Waals surface area contributed by atoms with Crippen LogP contribution in [0.15, 0.2) is 35.3 Å². The fourth-order valence-electron chi connectivity index (χ4n) is 1.29. The first kappa shape index (κ1) is 8.82. The van der Waals surface area contributed by atoms with E-state index >= 15 is 0 Å². The minimum atomic E-state index is 0.644. The highest BCUT2D eigenvalue weighted by molar-refractivity contribution is 8.16. The number of hydrogen-bond donors (Lipinski definition) is 0. The lowest BCUT2D eigenvalue weighted by atomic mass is 10.1. The van der Waals surface area contributed by atoms with E-state index in [2.05, 4.69) is 18.8 Å². The number of nitrogens with zero attached hydrogens (tertiary/aromatic N) is 1. The molecule has 1 fully saturated rings. The summed E-state index contributed by atoms with van der Waals surface area (Å²) in [4.78, 5) is 4.58. The van der Waals surface area contributed by atoms with Gasteiger partial charge in [0.2, 0.25) is 0 Å². The molecule has 1 aromatic rings. The van der Waals surface area contributed by atoms with Crippen LogP contribution in [0.5, 0.6) is 0 Å². The molecule has 0 aliphatic carbocycles. The maximum atomic E-state index is 4.58. The average Bonchev–Trinajstić information content (AvgIpc) is 2.19. The van der Waals surface area contributed by atoms with Crippen molar-refractivity contribution in [2.24, 2.45) is 10.9 Å². The van der Waals surface area contributed by atoms with Crippen LogP contribution in [0.4, 0.5) is 5.69 Å². The van der Waals surface area contributed by atoms with Gasteiger partial charge in [-0.2, -0.15) is 0 Å². The molecule has 0 aromatic heterocycles. The lowest BCUT2D eigenvalue weighted by molar-refractivity contribution is 0.745. The Morgan fingerprint density at radius 2 is 1.85 bits per heavy atom. The molecule has 0 bridgehead atoms. The third-order valence-electron chi connectivity index (χ3n) is 2.40. The lowest BCUT2D eigenvalue weighted by Gasteiger charge is -2.31. The van der Waals surface area contributed by atoms with Crippen molar-refractivity contribution in [2.45, 2.75) is 19.1 Å². The minimum absolute atomic E-state index is 0.644. The Labute approximate surface area is 83.3 Å². The predicted molar refractivity (Wildman–Crippen MR) is 59.8 cm³/mol. The van der Waals surface area contributed by atoms with Crippen LogP contribution < -0.4 is 0 Å². The Bertz CT molecular complexity index is 318. The Kier molecular flexibility index (Phi) is 2.40. The third kappa shape index (κ3) is 1.78. The fraction of sp³-hybridized carbons (Fsp3) is 0.364. The zero-order valence-electron chi connectivity index (χ0n) is 7.90. The highest BCUT2D eigenvalue weighted by Crippen LogP contribution is 2.38. The molecule has 0 spiro atoms. The van der Waals surface area contributed by atoms with Crippen LogP contribution in [0.3, 0.4) is 0 Å². The van der Waals surface area contributed by atoms with E-state index in [0.29, 0.717) is 5.92 Å². The number of thioether (sulfide) groups is 1. The summed E-state index contributed by atoms with van der Waals surface area (Å²) in [5, 5.41) is 2.01. The number of benzene rings is 1. The molecular formula is C11H13NS. The van der Waals surface area contributed by atoms with Gasteiger partial charge >= 0.3 is 0 Å². The summed E-state index contributed by atoms with van der Waals surface area (Å²) < 4.78 is 0. The summed E-state index contributed by atoms with van der Waals surface area (Å²) in [6.45, 7) is 4.49. The zero-order valence-corrected chi connectivity index (χ0v) is 8.71. The minimum Gasteiger partial charge on any atom is -0.246 e. The van der Waals surface area contributed by atoms with Crippen LogP contribution in [-0.2, 0) is 0 Å². The SMILES string of the molecule is C[C@@H]1C(=Nc2ccccc2)S[C@@H]1C. The van der Waals surface area contributed by atoms with Crippen molar-refractivity contribution in [3.8, 4) is 0 Å². The quantitative estimate of drug-likeness (QED) is 0.662. The van der Waals surface area contributed by atoms with E-state index < -0.39 is 0 Å².